The zero-order chi connectivity index (χ0) is 14.9. The van der Waals surface area contributed by atoms with Gasteiger partial charge in [-0.3, -0.25) is 14.4 Å². The summed E-state index contributed by atoms with van der Waals surface area (Å²) in [5, 5.41) is 0. The molecule has 20 heavy (non-hydrogen) atoms. The summed E-state index contributed by atoms with van der Waals surface area (Å²) in [4.78, 5) is 38.4. The molecule has 1 aromatic carbocycles. The lowest BCUT2D eigenvalue weighted by molar-refractivity contribution is -0.128. The smallest absolute Gasteiger partial charge is 0.299 e. The van der Waals surface area contributed by atoms with Crippen molar-refractivity contribution in [3.8, 4) is 0 Å². The summed E-state index contributed by atoms with van der Waals surface area (Å²) >= 11 is 3.29. The largest absolute Gasteiger partial charge is 0.349 e. The van der Waals surface area contributed by atoms with Crippen LogP contribution < -0.4 is 4.90 Å². The van der Waals surface area contributed by atoms with Gasteiger partial charge in [0.2, 0.25) is 5.91 Å². The van der Waals surface area contributed by atoms with E-state index in [4.69, 9.17) is 0 Å². The Labute approximate surface area is 125 Å². The van der Waals surface area contributed by atoms with E-state index in [-0.39, 0.29) is 5.91 Å². The number of anilines is 1. The zero-order valence-corrected chi connectivity index (χ0v) is 12.9. The summed E-state index contributed by atoms with van der Waals surface area (Å²) in [5.74, 6) is -1.01. The Morgan fingerprint density at radius 2 is 2.00 bits per heavy atom. The third-order valence-electron chi connectivity index (χ3n) is 3.22. The van der Waals surface area contributed by atoms with Crippen LogP contribution in [0.15, 0.2) is 22.7 Å². The highest BCUT2D eigenvalue weighted by molar-refractivity contribution is 9.10. The van der Waals surface area contributed by atoms with Crippen molar-refractivity contribution >= 4 is 39.2 Å². The summed E-state index contributed by atoms with van der Waals surface area (Å²) in [6, 6.07) is 5.27. The summed E-state index contributed by atoms with van der Waals surface area (Å²) in [7, 11) is 3.39. The molecule has 1 aromatic rings. The van der Waals surface area contributed by atoms with Gasteiger partial charge in [-0.25, -0.2) is 0 Å². The maximum absolute atomic E-state index is 12.0. The molecule has 2 amide bonds. The fourth-order valence-corrected chi connectivity index (χ4v) is 2.67. The van der Waals surface area contributed by atoms with E-state index in [2.05, 4.69) is 15.9 Å². The van der Waals surface area contributed by atoms with Gasteiger partial charge in [0.1, 0.15) is 0 Å². The van der Waals surface area contributed by atoms with Crippen LogP contribution >= 0.6 is 15.9 Å². The highest BCUT2D eigenvalue weighted by Gasteiger charge is 2.36. The first-order chi connectivity index (χ1) is 9.43. The molecule has 5 nitrogen and oxygen atoms in total. The maximum Gasteiger partial charge on any atom is 0.299 e. The number of benzene rings is 1. The molecule has 0 radical (unpaired) electrons. The van der Waals surface area contributed by atoms with Crippen LogP contribution in [0.5, 0.6) is 0 Å². The normalized spacial score (nSPS) is 13.7. The van der Waals surface area contributed by atoms with Crippen LogP contribution in [-0.2, 0) is 9.59 Å². The van der Waals surface area contributed by atoms with Gasteiger partial charge in [-0.05, 0) is 34.5 Å². The van der Waals surface area contributed by atoms with E-state index < -0.39 is 11.7 Å². The number of ketones is 1. The third-order valence-corrected chi connectivity index (χ3v) is 3.88. The van der Waals surface area contributed by atoms with Crippen LogP contribution in [0.2, 0.25) is 0 Å². The van der Waals surface area contributed by atoms with Gasteiger partial charge >= 0.3 is 0 Å². The average Bonchev–Trinajstić information content (AvgIpc) is 2.64. The highest BCUT2D eigenvalue weighted by Crippen LogP contribution is 2.34. The molecule has 0 unspecified atom stereocenters. The molecule has 0 spiro atoms. The second-order valence-corrected chi connectivity index (χ2v) is 5.67. The van der Waals surface area contributed by atoms with E-state index in [0.717, 1.165) is 0 Å². The Morgan fingerprint density at radius 1 is 1.30 bits per heavy atom. The fourth-order valence-electron chi connectivity index (χ4n) is 2.14. The fraction of sp³-hybridized carbons (Fsp3) is 0.357. The second-order valence-electron chi connectivity index (χ2n) is 4.81. The van der Waals surface area contributed by atoms with E-state index in [1.165, 1.54) is 9.80 Å². The molecule has 106 valence electrons. The molecule has 0 atom stereocenters. The van der Waals surface area contributed by atoms with Crippen molar-refractivity contribution in [2.24, 2.45) is 0 Å². The first kappa shape index (κ1) is 14.7. The standard InChI is InChI=1S/C14H15BrN2O3/c1-16(2)11(18)7-4-8-17-10-6-3-5-9(15)12(10)13(19)14(17)20/h3,5-6H,4,7-8H2,1-2H3. The molecule has 1 aliphatic heterocycles. The SMILES string of the molecule is CN(C)C(=O)CCCN1C(=O)C(=O)c2c(Br)cccc21. The van der Waals surface area contributed by atoms with Crippen LogP contribution in [0.4, 0.5) is 5.69 Å². The second kappa shape index (κ2) is 5.75. The quantitative estimate of drug-likeness (QED) is 0.787. The van der Waals surface area contributed by atoms with Crippen molar-refractivity contribution < 1.29 is 14.4 Å². The number of carbonyl (C=O) groups is 3. The molecule has 1 aliphatic rings. The van der Waals surface area contributed by atoms with Gasteiger partial charge in [-0.2, -0.15) is 0 Å². The Morgan fingerprint density at radius 3 is 2.65 bits per heavy atom. The van der Waals surface area contributed by atoms with Gasteiger partial charge in [0, 0.05) is 31.5 Å². The van der Waals surface area contributed by atoms with E-state index in [1.54, 1.807) is 32.3 Å². The average molecular weight is 339 g/mol. The molecule has 0 aliphatic carbocycles. The minimum Gasteiger partial charge on any atom is -0.349 e. The summed E-state index contributed by atoms with van der Waals surface area (Å²) in [5.41, 5.74) is 1.03. The summed E-state index contributed by atoms with van der Waals surface area (Å²) in [6.45, 7) is 0.369. The number of nitrogens with zero attached hydrogens (tertiary/aromatic N) is 2. The van der Waals surface area contributed by atoms with E-state index in [9.17, 15) is 14.4 Å². The number of hydrogen-bond donors (Lipinski definition) is 0. The Balaban J connectivity index is 2.11. The van der Waals surface area contributed by atoms with E-state index in [0.29, 0.717) is 35.1 Å². The minimum absolute atomic E-state index is 0.0115. The maximum atomic E-state index is 12.0. The molecule has 0 aromatic heterocycles. The lowest BCUT2D eigenvalue weighted by Crippen LogP contribution is -2.31. The zero-order valence-electron chi connectivity index (χ0n) is 11.4. The molecule has 1 heterocycles. The lowest BCUT2D eigenvalue weighted by atomic mass is 10.1. The Bertz CT molecular complexity index is 584. The molecular weight excluding hydrogens is 324 g/mol. The number of rotatable bonds is 4. The van der Waals surface area contributed by atoms with Crippen LogP contribution in [0.25, 0.3) is 0 Å². The molecule has 0 fully saturated rings. The summed E-state index contributed by atoms with van der Waals surface area (Å²) < 4.78 is 0.625. The lowest BCUT2D eigenvalue weighted by Gasteiger charge is -2.17. The number of fused-ring (bicyclic) bond motifs is 1. The molecule has 0 saturated heterocycles. The van der Waals surface area contributed by atoms with Crippen molar-refractivity contribution in [3.05, 3.63) is 28.2 Å². The third kappa shape index (κ3) is 2.60. The van der Waals surface area contributed by atoms with E-state index in [1.807, 2.05) is 0 Å². The first-order valence-corrected chi connectivity index (χ1v) is 7.07. The van der Waals surface area contributed by atoms with Crippen molar-refractivity contribution in [1.29, 1.82) is 0 Å². The van der Waals surface area contributed by atoms with Crippen molar-refractivity contribution in [3.63, 3.8) is 0 Å². The van der Waals surface area contributed by atoms with Crippen molar-refractivity contribution in [2.45, 2.75) is 12.8 Å². The predicted molar refractivity (Wildman–Crippen MR) is 78.8 cm³/mol. The molecule has 0 N–H and O–H groups in total. The topological polar surface area (TPSA) is 57.7 Å². The summed E-state index contributed by atoms with van der Waals surface area (Å²) in [6.07, 6.45) is 0.885. The van der Waals surface area contributed by atoms with Gasteiger partial charge in [0.05, 0.1) is 11.3 Å². The molecule has 2 rings (SSSR count). The monoisotopic (exact) mass is 338 g/mol. The van der Waals surface area contributed by atoms with Crippen LogP contribution in [0.3, 0.4) is 0 Å². The molecule has 0 bridgehead atoms. The number of amides is 2. The first-order valence-electron chi connectivity index (χ1n) is 6.28. The molecule has 6 heteroatoms. The van der Waals surface area contributed by atoms with Gasteiger partial charge in [-0.15, -0.1) is 0 Å². The van der Waals surface area contributed by atoms with Gasteiger partial charge in [0.25, 0.3) is 11.7 Å². The van der Waals surface area contributed by atoms with Crippen LogP contribution in [0.1, 0.15) is 23.2 Å². The minimum atomic E-state index is -0.524. The van der Waals surface area contributed by atoms with Gasteiger partial charge in [-0.1, -0.05) is 6.07 Å². The van der Waals surface area contributed by atoms with Gasteiger partial charge < -0.3 is 9.80 Å². The molecular formula is C14H15BrN2O3. The van der Waals surface area contributed by atoms with Crippen molar-refractivity contribution in [1.82, 2.24) is 4.90 Å². The number of hydrogen-bond acceptors (Lipinski definition) is 3. The van der Waals surface area contributed by atoms with E-state index >= 15 is 0 Å². The van der Waals surface area contributed by atoms with Crippen molar-refractivity contribution in [2.75, 3.05) is 25.5 Å². The Kier molecular flexibility index (Phi) is 4.23. The van der Waals surface area contributed by atoms with Gasteiger partial charge in [0.15, 0.2) is 0 Å². The number of Topliss-reactive ketones (excluding diaryl/α,β-unsaturated/α-hetero) is 1. The predicted octanol–water partition coefficient (Wildman–Crippen LogP) is 1.85. The van der Waals surface area contributed by atoms with Crippen LogP contribution in [0, 0.1) is 0 Å². The molecule has 0 saturated carbocycles. The van der Waals surface area contributed by atoms with Crippen LogP contribution in [-0.4, -0.2) is 43.1 Å². The Hall–Kier alpha value is -1.69. The number of carbonyl (C=O) groups excluding carboxylic acids is 3. The number of halogens is 1. The highest BCUT2D eigenvalue weighted by atomic mass is 79.9.